The molecule has 0 spiro atoms. The smallest absolute Gasteiger partial charge is 0.232 e. The standard InChI is InChI=1S/C16H22N2OS/c1-2-12-20-14-16(19)18-10-8-17(9-11-18)13-15-6-4-3-5-7-15/h2-7H,1,8-14H2. The Morgan fingerprint density at radius 1 is 1.20 bits per heavy atom. The largest absolute Gasteiger partial charge is 0.339 e. The van der Waals surface area contributed by atoms with E-state index in [1.54, 1.807) is 11.8 Å². The first-order chi connectivity index (χ1) is 9.79. The molecule has 20 heavy (non-hydrogen) atoms. The number of thioether (sulfide) groups is 1. The van der Waals surface area contributed by atoms with Gasteiger partial charge in [-0.2, -0.15) is 0 Å². The van der Waals surface area contributed by atoms with E-state index in [2.05, 4.69) is 35.7 Å². The molecule has 1 aliphatic rings. The van der Waals surface area contributed by atoms with Crippen LogP contribution in [-0.2, 0) is 11.3 Å². The maximum atomic E-state index is 12.0. The molecule has 1 aromatic carbocycles. The highest BCUT2D eigenvalue weighted by molar-refractivity contribution is 8.00. The van der Waals surface area contributed by atoms with Crippen LogP contribution in [0.15, 0.2) is 43.0 Å². The highest BCUT2D eigenvalue weighted by Crippen LogP contribution is 2.10. The SMILES string of the molecule is C=CCSCC(=O)N1CCN(Cc2ccccc2)CC1. The summed E-state index contributed by atoms with van der Waals surface area (Å²) in [6, 6.07) is 10.5. The molecule has 0 atom stereocenters. The van der Waals surface area contributed by atoms with Crippen LogP contribution in [0.25, 0.3) is 0 Å². The Balaban J connectivity index is 1.72. The molecule has 0 unspecified atom stereocenters. The Morgan fingerprint density at radius 2 is 1.90 bits per heavy atom. The van der Waals surface area contributed by atoms with Gasteiger partial charge in [0.05, 0.1) is 5.75 Å². The number of benzene rings is 1. The van der Waals surface area contributed by atoms with Gasteiger partial charge >= 0.3 is 0 Å². The quantitative estimate of drug-likeness (QED) is 0.593. The van der Waals surface area contributed by atoms with Gasteiger partial charge in [-0.25, -0.2) is 0 Å². The van der Waals surface area contributed by atoms with E-state index >= 15 is 0 Å². The zero-order valence-corrected chi connectivity index (χ0v) is 12.6. The van der Waals surface area contributed by atoms with Gasteiger partial charge in [0.25, 0.3) is 0 Å². The molecule has 1 amide bonds. The first-order valence-corrected chi connectivity index (χ1v) is 8.18. The predicted octanol–water partition coefficient (Wildman–Crippen LogP) is 2.25. The molecular weight excluding hydrogens is 268 g/mol. The van der Waals surface area contributed by atoms with Gasteiger partial charge in [-0.05, 0) is 5.56 Å². The summed E-state index contributed by atoms with van der Waals surface area (Å²) in [5.74, 6) is 1.68. The van der Waals surface area contributed by atoms with E-state index in [0.717, 1.165) is 38.5 Å². The van der Waals surface area contributed by atoms with E-state index in [-0.39, 0.29) is 5.91 Å². The lowest BCUT2D eigenvalue weighted by atomic mass is 10.2. The Kier molecular flexibility index (Phi) is 6.15. The van der Waals surface area contributed by atoms with Crippen LogP contribution in [0.1, 0.15) is 5.56 Å². The van der Waals surface area contributed by atoms with Gasteiger partial charge in [-0.3, -0.25) is 9.69 Å². The molecule has 1 fully saturated rings. The van der Waals surface area contributed by atoms with Gasteiger partial charge in [0.2, 0.25) is 5.91 Å². The molecule has 1 heterocycles. The Hall–Kier alpha value is -1.26. The first-order valence-electron chi connectivity index (χ1n) is 7.02. The second-order valence-corrected chi connectivity index (χ2v) is 5.98. The Labute approximate surface area is 125 Å². The zero-order valence-electron chi connectivity index (χ0n) is 11.8. The molecular formula is C16H22N2OS. The number of piperazine rings is 1. The number of hydrogen-bond donors (Lipinski definition) is 0. The molecule has 1 aromatic rings. The Morgan fingerprint density at radius 3 is 2.55 bits per heavy atom. The predicted molar refractivity (Wildman–Crippen MR) is 85.8 cm³/mol. The fourth-order valence-electron chi connectivity index (χ4n) is 2.32. The second kappa shape index (κ2) is 8.12. The number of rotatable bonds is 6. The summed E-state index contributed by atoms with van der Waals surface area (Å²) in [5.41, 5.74) is 1.34. The molecule has 3 nitrogen and oxygen atoms in total. The van der Waals surface area contributed by atoms with Crippen LogP contribution in [0.5, 0.6) is 0 Å². The van der Waals surface area contributed by atoms with E-state index < -0.39 is 0 Å². The fourth-order valence-corrected chi connectivity index (χ4v) is 2.96. The Bertz CT molecular complexity index is 427. The number of carbonyl (C=O) groups excluding carboxylic acids is 1. The third-order valence-electron chi connectivity index (χ3n) is 3.44. The molecule has 0 N–H and O–H groups in total. The summed E-state index contributed by atoms with van der Waals surface area (Å²) in [7, 11) is 0. The van der Waals surface area contributed by atoms with Gasteiger partial charge in [0.1, 0.15) is 0 Å². The van der Waals surface area contributed by atoms with E-state index in [4.69, 9.17) is 0 Å². The number of amides is 1. The molecule has 1 saturated heterocycles. The van der Waals surface area contributed by atoms with Crippen molar-refractivity contribution in [3.05, 3.63) is 48.6 Å². The summed E-state index contributed by atoms with van der Waals surface area (Å²) in [5, 5.41) is 0. The van der Waals surface area contributed by atoms with E-state index in [9.17, 15) is 4.79 Å². The minimum Gasteiger partial charge on any atom is -0.339 e. The topological polar surface area (TPSA) is 23.6 Å². The monoisotopic (exact) mass is 290 g/mol. The second-order valence-electron chi connectivity index (χ2n) is 4.95. The maximum Gasteiger partial charge on any atom is 0.232 e. The van der Waals surface area contributed by atoms with Gasteiger partial charge in [-0.1, -0.05) is 36.4 Å². The molecule has 4 heteroatoms. The van der Waals surface area contributed by atoms with Crippen molar-refractivity contribution in [1.82, 2.24) is 9.80 Å². The summed E-state index contributed by atoms with van der Waals surface area (Å²) in [6.45, 7) is 8.27. The van der Waals surface area contributed by atoms with Crippen molar-refractivity contribution < 1.29 is 4.79 Å². The van der Waals surface area contributed by atoms with Crippen LogP contribution in [0, 0.1) is 0 Å². The molecule has 0 saturated carbocycles. The summed E-state index contributed by atoms with van der Waals surface area (Å²) in [6.07, 6.45) is 1.84. The van der Waals surface area contributed by atoms with Gasteiger partial charge in [0.15, 0.2) is 0 Å². The van der Waals surface area contributed by atoms with Crippen LogP contribution < -0.4 is 0 Å². The van der Waals surface area contributed by atoms with Crippen molar-refractivity contribution >= 4 is 17.7 Å². The van der Waals surface area contributed by atoms with Crippen LogP contribution in [0.2, 0.25) is 0 Å². The highest BCUT2D eigenvalue weighted by Gasteiger charge is 2.20. The summed E-state index contributed by atoms with van der Waals surface area (Å²) in [4.78, 5) is 16.4. The molecule has 0 bridgehead atoms. The zero-order chi connectivity index (χ0) is 14.2. The van der Waals surface area contributed by atoms with Crippen molar-refractivity contribution in [1.29, 1.82) is 0 Å². The van der Waals surface area contributed by atoms with Crippen LogP contribution in [0.3, 0.4) is 0 Å². The number of hydrogen-bond acceptors (Lipinski definition) is 3. The van der Waals surface area contributed by atoms with Crippen LogP contribution in [0.4, 0.5) is 0 Å². The van der Waals surface area contributed by atoms with Gasteiger partial charge in [0, 0.05) is 38.5 Å². The lowest BCUT2D eigenvalue weighted by Gasteiger charge is -2.34. The average molecular weight is 290 g/mol. The third kappa shape index (κ3) is 4.69. The highest BCUT2D eigenvalue weighted by atomic mass is 32.2. The van der Waals surface area contributed by atoms with Gasteiger partial charge < -0.3 is 4.90 Å². The van der Waals surface area contributed by atoms with Crippen molar-refractivity contribution in [3.63, 3.8) is 0 Å². The van der Waals surface area contributed by atoms with Crippen molar-refractivity contribution in [2.45, 2.75) is 6.54 Å². The first kappa shape index (κ1) is 15.1. The molecule has 108 valence electrons. The minimum absolute atomic E-state index is 0.260. The van der Waals surface area contributed by atoms with E-state index in [1.165, 1.54) is 5.56 Å². The van der Waals surface area contributed by atoms with Crippen molar-refractivity contribution in [3.8, 4) is 0 Å². The maximum absolute atomic E-state index is 12.0. The summed E-state index contributed by atoms with van der Waals surface area (Å²) < 4.78 is 0. The van der Waals surface area contributed by atoms with E-state index in [0.29, 0.717) is 5.75 Å². The number of carbonyl (C=O) groups is 1. The van der Waals surface area contributed by atoms with Crippen molar-refractivity contribution in [2.24, 2.45) is 0 Å². The van der Waals surface area contributed by atoms with E-state index in [1.807, 2.05) is 17.0 Å². The lowest BCUT2D eigenvalue weighted by Crippen LogP contribution is -2.48. The molecule has 0 radical (unpaired) electrons. The average Bonchev–Trinajstić information content (AvgIpc) is 2.49. The third-order valence-corrected chi connectivity index (χ3v) is 4.36. The molecule has 2 rings (SSSR count). The fraction of sp³-hybridized carbons (Fsp3) is 0.438. The number of nitrogens with zero attached hydrogens (tertiary/aromatic N) is 2. The normalized spacial score (nSPS) is 16.1. The molecule has 1 aliphatic heterocycles. The molecule has 0 aromatic heterocycles. The van der Waals surface area contributed by atoms with Crippen molar-refractivity contribution in [2.75, 3.05) is 37.7 Å². The van der Waals surface area contributed by atoms with Gasteiger partial charge in [-0.15, -0.1) is 18.3 Å². The minimum atomic E-state index is 0.260. The molecule has 0 aliphatic carbocycles. The van der Waals surface area contributed by atoms with Crippen LogP contribution >= 0.6 is 11.8 Å². The summed E-state index contributed by atoms with van der Waals surface area (Å²) >= 11 is 1.64. The lowest BCUT2D eigenvalue weighted by molar-refractivity contribution is -0.130. The van der Waals surface area contributed by atoms with Crippen LogP contribution in [-0.4, -0.2) is 53.4 Å².